The zero-order valence-electron chi connectivity index (χ0n) is 10.8. The number of para-hydroxylation sites is 1. The summed E-state index contributed by atoms with van der Waals surface area (Å²) in [7, 11) is 0. The lowest BCUT2D eigenvalue weighted by Gasteiger charge is -2.16. The lowest BCUT2D eigenvalue weighted by Crippen LogP contribution is -2.18. The SMILES string of the molecule is CC1OCCC1Cn1c(N)nc2c(C#N)cccc21. The average Bonchev–Trinajstić information content (AvgIpc) is 2.95. The fraction of sp³-hybridized carbons (Fsp3) is 0.429. The first-order valence-corrected chi connectivity index (χ1v) is 6.47. The third-order valence-corrected chi connectivity index (χ3v) is 3.88. The van der Waals surface area contributed by atoms with Gasteiger partial charge in [0.15, 0.2) is 0 Å². The second kappa shape index (κ2) is 4.56. The Hall–Kier alpha value is -2.06. The van der Waals surface area contributed by atoms with Crippen LogP contribution in [-0.4, -0.2) is 22.3 Å². The summed E-state index contributed by atoms with van der Waals surface area (Å²) in [6.45, 7) is 3.69. The molecule has 5 nitrogen and oxygen atoms in total. The molecule has 2 N–H and O–H groups in total. The monoisotopic (exact) mass is 256 g/mol. The summed E-state index contributed by atoms with van der Waals surface area (Å²) in [6.07, 6.45) is 1.29. The van der Waals surface area contributed by atoms with Crippen molar-refractivity contribution in [2.75, 3.05) is 12.3 Å². The van der Waals surface area contributed by atoms with Crippen molar-refractivity contribution in [2.24, 2.45) is 5.92 Å². The van der Waals surface area contributed by atoms with Crippen LogP contribution < -0.4 is 5.73 Å². The topological polar surface area (TPSA) is 76.9 Å². The van der Waals surface area contributed by atoms with Gasteiger partial charge in [-0.2, -0.15) is 5.26 Å². The van der Waals surface area contributed by atoms with E-state index in [1.165, 1.54) is 0 Å². The first-order chi connectivity index (χ1) is 9.20. The molecule has 0 radical (unpaired) electrons. The van der Waals surface area contributed by atoms with Crippen LogP contribution in [0.1, 0.15) is 18.9 Å². The number of aromatic nitrogens is 2. The van der Waals surface area contributed by atoms with Gasteiger partial charge in [0.25, 0.3) is 0 Å². The average molecular weight is 256 g/mol. The van der Waals surface area contributed by atoms with Crippen molar-refractivity contribution in [3.05, 3.63) is 23.8 Å². The maximum Gasteiger partial charge on any atom is 0.201 e. The summed E-state index contributed by atoms with van der Waals surface area (Å²) in [5.41, 5.74) is 8.19. The van der Waals surface area contributed by atoms with Crippen molar-refractivity contribution in [3.63, 3.8) is 0 Å². The van der Waals surface area contributed by atoms with Crippen LogP contribution in [-0.2, 0) is 11.3 Å². The molecule has 19 heavy (non-hydrogen) atoms. The number of rotatable bonds is 2. The molecule has 1 fully saturated rings. The summed E-state index contributed by atoms with van der Waals surface area (Å²) in [5.74, 6) is 0.919. The number of anilines is 1. The first-order valence-electron chi connectivity index (χ1n) is 6.47. The van der Waals surface area contributed by atoms with Crippen molar-refractivity contribution in [2.45, 2.75) is 26.0 Å². The van der Waals surface area contributed by atoms with Crippen LogP contribution in [0.3, 0.4) is 0 Å². The van der Waals surface area contributed by atoms with E-state index in [2.05, 4.69) is 18.0 Å². The van der Waals surface area contributed by atoms with Crippen LogP contribution in [0.2, 0.25) is 0 Å². The van der Waals surface area contributed by atoms with E-state index in [1.807, 2.05) is 16.7 Å². The number of ether oxygens (including phenoxy) is 1. The normalized spacial score (nSPS) is 22.7. The zero-order chi connectivity index (χ0) is 13.4. The molecule has 0 amide bonds. The van der Waals surface area contributed by atoms with Crippen molar-refractivity contribution in [3.8, 4) is 6.07 Å². The maximum atomic E-state index is 9.10. The van der Waals surface area contributed by atoms with Crippen molar-refractivity contribution in [1.29, 1.82) is 5.26 Å². The molecular weight excluding hydrogens is 240 g/mol. The Morgan fingerprint density at radius 3 is 3.11 bits per heavy atom. The van der Waals surface area contributed by atoms with Gasteiger partial charge < -0.3 is 15.0 Å². The zero-order valence-corrected chi connectivity index (χ0v) is 10.8. The van der Waals surface area contributed by atoms with Gasteiger partial charge in [-0.15, -0.1) is 0 Å². The Balaban J connectivity index is 2.04. The highest BCUT2D eigenvalue weighted by Gasteiger charge is 2.26. The maximum absolute atomic E-state index is 9.10. The molecule has 2 atom stereocenters. The molecule has 0 aliphatic carbocycles. The predicted molar refractivity (Wildman–Crippen MR) is 72.4 cm³/mol. The summed E-state index contributed by atoms with van der Waals surface area (Å²) in [4.78, 5) is 4.33. The number of nitrogens with two attached hydrogens (primary N) is 1. The molecule has 2 heterocycles. The summed E-state index contributed by atoms with van der Waals surface area (Å²) >= 11 is 0. The summed E-state index contributed by atoms with van der Waals surface area (Å²) in [6, 6.07) is 7.75. The van der Waals surface area contributed by atoms with E-state index < -0.39 is 0 Å². The molecular formula is C14H16N4O. The van der Waals surface area contributed by atoms with Gasteiger partial charge in [0, 0.05) is 19.1 Å². The smallest absolute Gasteiger partial charge is 0.201 e. The highest BCUT2D eigenvalue weighted by atomic mass is 16.5. The van der Waals surface area contributed by atoms with Crippen LogP contribution >= 0.6 is 0 Å². The lowest BCUT2D eigenvalue weighted by atomic mass is 10.0. The molecule has 1 aromatic heterocycles. The molecule has 98 valence electrons. The van der Waals surface area contributed by atoms with E-state index in [9.17, 15) is 0 Å². The molecule has 5 heteroatoms. The van der Waals surface area contributed by atoms with Crippen molar-refractivity contribution in [1.82, 2.24) is 9.55 Å². The quantitative estimate of drug-likeness (QED) is 0.890. The van der Waals surface area contributed by atoms with Gasteiger partial charge in [0.1, 0.15) is 11.6 Å². The first kappa shape index (κ1) is 12.0. The van der Waals surface area contributed by atoms with Gasteiger partial charge in [0.2, 0.25) is 5.95 Å². The third-order valence-electron chi connectivity index (χ3n) is 3.88. The van der Waals surface area contributed by atoms with Crippen LogP contribution in [0.15, 0.2) is 18.2 Å². The largest absolute Gasteiger partial charge is 0.378 e. The van der Waals surface area contributed by atoms with Gasteiger partial charge in [-0.1, -0.05) is 6.07 Å². The number of benzene rings is 1. The Morgan fingerprint density at radius 2 is 2.42 bits per heavy atom. The summed E-state index contributed by atoms with van der Waals surface area (Å²) in [5, 5.41) is 9.10. The number of hydrogen-bond donors (Lipinski definition) is 1. The predicted octanol–water partition coefficient (Wildman–Crippen LogP) is 1.92. The number of fused-ring (bicyclic) bond motifs is 1. The molecule has 2 unspecified atom stereocenters. The fourth-order valence-corrected chi connectivity index (χ4v) is 2.70. The Labute approximate surface area is 111 Å². The van der Waals surface area contributed by atoms with Gasteiger partial charge in [-0.25, -0.2) is 4.98 Å². The molecule has 1 saturated heterocycles. The van der Waals surface area contributed by atoms with Gasteiger partial charge in [0.05, 0.1) is 17.2 Å². The van der Waals surface area contributed by atoms with E-state index in [0.717, 1.165) is 25.1 Å². The van der Waals surface area contributed by atoms with Gasteiger partial charge in [-0.3, -0.25) is 0 Å². The lowest BCUT2D eigenvalue weighted by molar-refractivity contribution is 0.102. The highest BCUT2D eigenvalue weighted by molar-refractivity contribution is 5.83. The molecule has 1 aromatic carbocycles. The molecule has 1 aliphatic heterocycles. The number of nitrogens with zero attached hydrogens (tertiary/aromatic N) is 3. The highest BCUT2D eigenvalue weighted by Crippen LogP contribution is 2.27. The molecule has 0 spiro atoms. The molecule has 0 bridgehead atoms. The molecule has 2 aromatic rings. The third kappa shape index (κ3) is 1.94. The van der Waals surface area contributed by atoms with E-state index in [-0.39, 0.29) is 6.10 Å². The molecule has 0 saturated carbocycles. The number of nitriles is 1. The van der Waals surface area contributed by atoms with Crippen molar-refractivity contribution < 1.29 is 4.74 Å². The summed E-state index contributed by atoms with van der Waals surface area (Å²) < 4.78 is 7.58. The van der Waals surface area contributed by atoms with Crippen LogP contribution in [0.5, 0.6) is 0 Å². The minimum Gasteiger partial charge on any atom is -0.378 e. The second-order valence-corrected chi connectivity index (χ2v) is 4.99. The van der Waals surface area contributed by atoms with Gasteiger partial charge >= 0.3 is 0 Å². The minimum atomic E-state index is 0.246. The van der Waals surface area contributed by atoms with Crippen LogP contribution in [0.4, 0.5) is 5.95 Å². The number of imidazole rings is 1. The second-order valence-electron chi connectivity index (χ2n) is 4.99. The van der Waals surface area contributed by atoms with Crippen LogP contribution in [0.25, 0.3) is 11.0 Å². The molecule has 3 rings (SSSR count). The Kier molecular flexibility index (Phi) is 2.88. The Bertz CT molecular complexity index is 655. The minimum absolute atomic E-state index is 0.246. The Morgan fingerprint density at radius 1 is 1.58 bits per heavy atom. The van der Waals surface area contributed by atoms with E-state index >= 15 is 0 Å². The van der Waals surface area contributed by atoms with E-state index in [4.69, 9.17) is 15.7 Å². The number of hydrogen-bond acceptors (Lipinski definition) is 4. The van der Waals surface area contributed by atoms with E-state index in [1.54, 1.807) is 6.07 Å². The standard InChI is InChI=1S/C14H16N4O/c1-9-11(5-6-19-9)8-18-12-4-2-3-10(7-15)13(12)17-14(18)16/h2-4,9,11H,5-6,8H2,1H3,(H2,16,17). The van der Waals surface area contributed by atoms with Gasteiger partial charge in [-0.05, 0) is 25.5 Å². The van der Waals surface area contributed by atoms with Crippen molar-refractivity contribution >= 4 is 17.0 Å². The van der Waals surface area contributed by atoms with E-state index in [0.29, 0.717) is 22.9 Å². The fourth-order valence-electron chi connectivity index (χ4n) is 2.70. The van der Waals surface area contributed by atoms with Crippen LogP contribution in [0, 0.1) is 17.2 Å². The molecule has 1 aliphatic rings. The number of nitrogen functional groups attached to an aromatic ring is 1.